The molecule has 0 aliphatic heterocycles. The highest BCUT2D eigenvalue weighted by Crippen LogP contribution is 2.31. The summed E-state index contributed by atoms with van der Waals surface area (Å²) in [6, 6.07) is 10.7. The molecule has 0 saturated heterocycles. The molecule has 0 aliphatic rings. The monoisotopic (exact) mass is 297 g/mol. The third-order valence-electron chi connectivity index (χ3n) is 3.81. The van der Waals surface area contributed by atoms with Crippen LogP contribution in [0.2, 0.25) is 0 Å². The number of halogens is 1. The Kier molecular flexibility index (Phi) is 6.04. The van der Waals surface area contributed by atoms with Gasteiger partial charge in [-0.2, -0.15) is 0 Å². The fraction of sp³-hybridized carbons (Fsp3) is 0.600. The van der Waals surface area contributed by atoms with Gasteiger partial charge in [-0.1, -0.05) is 48.0 Å². The molecule has 0 N–H and O–H groups in total. The average Bonchev–Trinajstić information content (AvgIpc) is 2.42. The second-order valence-corrected chi connectivity index (χ2v) is 5.25. The molecule has 0 bridgehead atoms. The Bertz CT molecular complexity index is 298. The molecular weight excluding hydrogens is 274 g/mol. The maximum Gasteiger partial charge on any atom is 0.0366 e. The molecule has 1 rings (SSSR count). The molecule has 0 radical (unpaired) electrons. The fourth-order valence-electron chi connectivity index (χ4n) is 2.13. The van der Waals surface area contributed by atoms with Crippen LogP contribution in [0.4, 0.5) is 5.69 Å². The summed E-state index contributed by atoms with van der Waals surface area (Å²) in [4.78, 5) is 2.48. The van der Waals surface area contributed by atoms with E-state index in [1.165, 1.54) is 18.5 Å². The number of nitrogens with zero attached hydrogens (tertiary/aromatic N) is 1. The van der Waals surface area contributed by atoms with E-state index >= 15 is 0 Å². The molecule has 0 amide bonds. The van der Waals surface area contributed by atoms with Crippen molar-refractivity contribution in [1.82, 2.24) is 0 Å². The highest BCUT2D eigenvalue weighted by Gasteiger charge is 2.27. The van der Waals surface area contributed by atoms with Gasteiger partial charge in [0.15, 0.2) is 0 Å². The minimum Gasteiger partial charge on any atom is -0.371 e. The summed E-state index contributed by atoms with van der Waals surface area (Å²) >= 11 is 3.70. The van der Waals surface area contributed by atoms with Gasteiger partial charge in [0.25, 0.3) is 0 Å². The zero-order valence-electron chi connectivity index (χ0n) is 11.2. The van der Waals surface area contributed by atoms with Crippen molar-refractivity contribution >= 4 is 21.6 Å². The molecule has 0 heterocycles. The molecule has 0 atom stereocenters. The standard InChI is InChI=1S/C15H24BrN/c1-4-15(5-2,12-16)13-17(6-3)14-10-8-7-9-11-14/h7-11H,4-6,12-13H2,1-3H3. The van der Waals surface area contributed by atoms with Crippen molar-refractivity contribution in [2.24, 2.45) is 5.41 Å². The number of rotatable bonds is 7. The van der Waals surface area contributed by atoms with Crippen LogP contribution in [0.15, 0.2) is 30.3 Å². The molecule has 17 heavy (non-hydrogen) atoms. The Morgan fingerprint density at radius 3 is 2.06 bits per heavy atom. The number of hydrogen-bond donors (Lipinski definition) is 0. The molecular formula is C15H24BrN. The summed E-state index contributed by atoms with van der Waals surface area (Å²) in [5, 5.41) is 1.08. The maximum absolute atomic E-state index is 3.70. The zero-order valence-corrected chi connectivity index (χ0v) is 12.8. The lowest BCUT2D eigenvalue weighted by atomic mass is 9.84. The summed E-state index contributed by atoms with van der Waals surface area (Å²) in [5.74, 6) is 0. The van der Waals surface area contributed by atoms with E-state index in [1.807, 2.05) is 0 Å². The van der Waals surface area contributed by atoms with E-state index in [4.69, 9.17) is 0 Å². The number of alkyl halides is 1. The molecule has 1 aromatic rings. The first-order valence-electron chi connectivity index (χ1n) is 6.57. The van der Waals surface area contributed by atoms with E-state index in [0.29, 0.717) is 5.41 Å². The van der Waals surface area contributed by atoms with Gasteiger partial charge in [-0.05, 0) is 37.3 Å². The van der Waals surface area contributed by atoms with Crippen molar-refractivity contribution in [3.63, 3.8) is 0 Å². The van der Waals surface area contributed by atoms with Crippen LogP contribution in [-0.2, 0) is 0 Å². The second kappa shape index (κ2) is 7.05. The second-order valence-electron chi connectivity index (χ2n) is 4.69. The number of para-hydroxylation sites is 1. The Morgan fingerprint density at radius 2 is 1.65 bits per heavy atom. The van der Waals surface area contributed by atoms with Crippen molar-refractivity contribution in [1.29, 1.82) is 0 Å². The topological polar surface area (TPSA) is 3.24 Å². The first-order chi connectivity index (χ1) is 8.21. The molecule has 0 aromatic heterocycles. The van der Waals surface area contributed by atoms with Crippen molar-refractivity contribution in [3.05, 3.63) is 30.3 Å². The lowest BCUT2D eigenvalue weighted by Gasteiger charge is -2.36. The van der Waals surface area contributed by atoms with Crippen LogP contribution in [0.25, 0.3) is 0 Å². The van der Waals surface area contributed by atoms with Gasteiger partial charge < -0.3 is 4.90 Å². The van der Waals surface area contributed by atoms with E-state index < -0.39 is 0 Å². The van der Waals surface area contributed by atoms with Gasteiger partial charge in [0, 0.05) is 24.1 Å². The molecule has 0 fully saturated rings. The zero-order chi connectivity index (χ0) is 12.7. The molecule has 0 unspecified atom stereocenters. The van der Waals surface area contributed by atoms with E-state index in [0.717, 1.165) is 18.4 Å². The van der Waals surface area contributed by atoms with Crippen LogP contribution in [0.5, 0.6) is 0 Å². The molecule has 0 saturated carbocycles. The van der Waals surface area contributed by atoms with Crippen molar-refractivity contribution in [3.8, 4) is 0 Å². The molecule has 1 nitrogen and oxygen atoms in total. The van der Waals surface area contributed by atoms with Crippen molar-refractivity contribution < 1.29 is 0 Å². The van der Waals surface area contributed by atoms with Crippen LogP contribution < -0.4 is 4.90 Å². The van der Waals surface area contributed by atoms with Gasteiger partial charge in [-0.15, -0.1) is 0 Å². The van der Waals surface area contributed by atoms with Crippen LogP contribution in [-0.4, -0.2) is 18.4 Å². The molecule has 0 spiro atoms. The summed E-state index contributed by atoms with van der Waals surface area (Å²) in [6.07, 6.45) is 2.44. The average molecular weight is 298 g/mol. The van der Waals surface area contributed by atoms with Crippen LogP contribution in [0.1, 0.15) is 33.6 Å². The van der Waals surface area contributed by atoms with E-state index in [-0.39, 0.29) is 0 Å². The van der Waals surface area contributed by atoms with Gasteiger partial charge in [-0.25, -0.2) is 0 Å². The first-order valence-corrected chi connectivity index (χ1v) is 7.69. The first kappa shape index (κ1) is 14.6. The van der Waals surface area contributed by atoms with E-state index in [2.05, 4.69) is 71.9 Å². The number of anilines is 1. The Hall–Kier alpha value is -0.500. The van der Waals surface area contributed by atoms with Gasteiger partial charge in [0.1, 0.15) is 0 Å². The molecule has 0 aliphatic carbocycles. The Balaban J connectivity index is 2.82. The Morgan fingerprint density at radius 1 is 1.06 bits per heavy atom. The third-order valence-corrected chi connectivity index (χ3v) is 5.00. The Labute approximate surface area is 114 Å². The normalized spacial score (nSPS) is 11.5. The molecule has 96 valence electrons. The predicted molar refractivity (Wildman–Crippen MR) is 81.1 cm³/mol. The quantitative estimate of drug-likeness (QED) is 0.659. The van der Waals surface area contributed by atoms with Gasteiger partial charge in [-0.3, -0.25) is 0 Å². The largest absolute Gasteiger partial charge is 0.371 e. The highest BCUT2D eigenvalue weighted by molar-refractivity contribution is 9.09. The lowest BCUT2D eigenvalue weighted by molar-refractivity contribution is 0.312. The van der Waals surface area contributed by atoms with Crippen molar-refractivity contribution in [2.45, 2.75) is 33.6 Å². The molecule has 1 aromatic carbocycles. The predicted octanol–water partition coefficient (Wildman–Crippen LogP) is 4.71. The minimum atomic E-state index is 0.395. The highest BCUT2D eigenvalue weighted by atomic mass is 79.9. The van der Waals surface area contributed by atoms with E-state index in [9.17, 15) is 0 Å². The maximum atomic E-state index is 3.70. The van der Waals surface area contributed by atoms with Crippen LogP contribution in [0, 0.1) is 5.41 Å². The van der Waals surface area contributed by atoms with E-state index in [1.54, 1.807) is 0 Å². The lowest BCUT2D eigenvalue weighted by Crippen LogP contribution is -2.38. The summed E-state index contributed by atoms with van der Waals surface area (Å²) in [5.41, 5.74) is 1.73. The summed E-state index contributed by atoms with van der Waals surface area (Å²) in [6.45, 7) is 9.02. The number of benzene rings is 1. The summed E-state index contributed by atoms with van der Waals surface area (Å²) in [7, 11) is 0. The summed E-state index contributed by atoms with van der Waals surface area (Å²) < 4.78 is 0. The van der Waals surface area contributed by atoms with Gasteiger partial charge in [0.05, 0.1) is 0 Å². The van der Waals surface area contributed by atoms with Crippen LogP contribution in [0.3, 0.4) is 0 Å². The van der Waals surface area contributed by atoms with Gasteiger partial charge >= 0.3 is 0 Å². The van der Waals surface area contributed by atoms with Crippen molar-refractivity contribution in [2.75, 3.05) is 23.3 Å². The van der Waals surface area contributed by atoms with Gasteiger partial charge in [0.2, 0.25) is 0 Å². The third kappa shape index (κ3) is 3.74. The van der Waals surface area contributed by atoms with Crippen LogP contribution >= 0.6 is 15.9 Å². The fourth-order valence-corrected chi connectivity index (χ4v) is 3.10. The SMILES string of the molecule is CCN(CC(CC)(CC)CBr)c1ccccc1. The smallest absolute Gasteiger partial charge is 0.0366 e. The minimum absolute atomic E-state index is 0.395. The number of hydrogen-bond acceptors (Lipinski definition) is 1. The molecule has 2 heteroatoms.